The lowest BCUT2D eigenvalue weighted by molar-refractivity contribution is -0.286. The molecule has 2 N–H and O–H groups in total. The lowest BCUT2D eigenvalue weighted by Gasteiger charge is -2.07. The van der Waals surface area contributed by atoms with Crippen molar-refractivity contribution < 1.29 is 37.7 Å². The molecule has 2 rings (SSSR count). The molecule has 0 unspecified atom stereocenters. The minimum Gasteiger partial charge on any atom is -0.478 e. The van der Waals surface area contributed by atoms with Crippen LogP contribution in [0.25, 0.3) is 0 Å². The summed E-state index contributed by atoms with van der Waals surface area (Å²) in [6.07, 6.45) is -3.55. The number of alkyl halides is 2. The van der Waals surface area contributed by atoms with Gasteiger partial charge in [0.05, 0.1) is 0 Å². The van der Waals surface area contributed by atoms with E-state index in [1.54, 1.807) is 0 Å². The second-order valence-corrected chi connectivity index (χ2v) is 3.84. The van der Waals surface area contributed by atoms with Crippen molar-refractivity contribution in [3.8, 4) is 11.5 Å². The van der Waals surface area contributed by atoms with Gasteiger partial charge in [0, 0.05) is 11.8 Å². The van der Waals surface area contributed by atoms with E-state index in [9.17, 15) is 18.4 Å². The van der Waals surface area contributed by atoms with Crippen LogP contribution in [0.5, 0.6) is 11.5 Å². The molecule has 112 valence electrons. The van der Waals surface area contributed by atoms with E-state index in [0.29, 0.717) is 0 Å². The molecule has 1 heterocycles. The van der Waals surface area contributed by atoms with Crippen molar-refractivity contribution in [3.63, 3.8) is 0 Å². The smallest absolute Gasteiger partial charge is 0.478 e. The van der Waals surface area contributed by atoms with Gasteiger partial charge in [-0.3, -0.25) is 5.32 Å². The maximum absolute atomic E-state index is 13.0. The third-order valence-corrected chi connectivity index (χ3v) is 2.31. The van der Waals surface area contributed by atoms with E-state index in [0.717, 1.165) is 12.1 Å². The van der Waals surface area contributed by atoms with E-state index < -0.39 is 35.4 Å². The Morgan fingerprint density at radius 2 is 2.14 bits per heavy atom. The second-order valence-electron chi connectivity index (χ2n) is 3.84. The molecule has 1 aromatic carbocycles. The summed E-state index contributed by atoms with van der Waals surface area (Å²) in [6, 6.07) is 1.94. The Labute approximate surface area is 116 Å². The molecule has 0 atom stereocenters. The zero-order valence-electron chi connectivity index (χ0n) is 10.4. The Kier molecular flexibility index (Phi) is 3.66. The largest absolute Gasteiger partial charge is 0.586 e. The quantitative estimate of drug-likeness (QED) is 0.830. The summed E-state index contributed by atoms with van der Waals surface area (Å²) in [6.45, 7) is 3.27. The number of fused-ring (bicyclic) bond motifs is 1. The molecule has 21 heavy (non-hydrogen) atoms. The lowest BCUT2D eigenvalue weighted by atomic mass is 10.1. The molecular weight excluding hydrogens is 292 g/mol. The van der Waals surface area contributed by atoms with E-state index in [1.807, 2.05) is 0 Å². The monoisotopic (exact) mass is 301 g/mol. The first-order valence-corrected chi connectivity index (χ1v) is 5.54. The third kappa shape index (κ3) is 3.19. The summed E-state index contributed by atoms with van der Waals surface area (Å²) < 4.78 is 38.9. The molecule has 7 nitrogen and oxygen atoms in total. The number of carbonyl (C=O) groups excluding carboxylic acids is 1. The Balaban J connectivity index is 2.30. The SMILES string of the molecule is C=CCOC(=O)Nc1cc2c(c(C(=O)O)c1)OC(F)(F)O2. The number of hydrogen-bond donors (Lipinski definition) is 2. The highest BCUT2D eigenvalue weighted by atomic mass is 19.3. The van der Waals surface area contributed by atoms with Gasteiger partial charge >= 0.3 is 18.4 Å². The fraction of sp³-hybridized carbons (Fsp3) is 0.167. The summed E-state index contributed by atoms with van der Waals surface area (Å²) in [5.74, 6) is -2.63. The molecule has 0 aromatic heterocycles. The van der Waals surface area contributed by atoms with Gasteiger partial charge in [0.2, 0.25) is 0 Å². The molecule has 1 aliphatic heterocycles. The van der Waals surface area contributed by atoms with Crippen LogP contribution in [-0.2, 0) is 4.74 Å². The van der Waals surface area contributed by atoms with Crippen molar-refractivity contribution >= 4 is 17.7 Å². The Morgan fingerprint density at radius 1 is 1.43 bits per heavy atom. The van der Waals surface area contributed by atoms with E-state index in [-0.39, 0.29) is 12.3 Å². The number of carboxylic acids is 1. The minimum absolute atomic E-state index is 0.0692. The summed E-state index contributed by atoms with van der Waals surface area (Å²) in [4.78, 5) is 22.4. The third-order valence-electron chi connectivity index (χ3n) is 2.31. The maximum Gasteiger partial charge on any atom is 0.586 e. The molecule has 1 amide bonds. The van der Waals surface area contributed by atoms with Crippen LogP contribution in [0.3, 0.4) is 0 Å². The van der Waals surface area contributed by atoms with Gasteiger partial charge in [0.15, 0.2) is 11.5 Å². The topological polar surface area (TPSA) is 94.1 Å². The van der Waals surface area contributed by atoms with E-state index >= 15 is 0 Å². The van der Waals surface area contributed by atoms with Crippen molar-refractivity contribution in [2.75, 3.05) is 11.9 Å². The van der Waals surface area contributed by atoms with E-state index in [4.69, 9.17) is 5.11 Å². The molecule has 1 aromatic rings. The highest BCUT2D eigenvalue weighted by Crippen LogP contribution is 2.45. The van der Waals surface area contributed by atoms with Crippen molar-refractivity contribution in [3.05, 3.63) is 30.4 Å². The van der Waals surface area contributed by atoms with Crippen LogP contribution < -0.4 is 14.8 Å². The molecule has 0 aliphatic carbocycles. The maximum atomic E-state index is 13.0. The van der Waals surface area contributed by atoms with Crippen molar-refractivity contribution in [1.82, 2.24) is 0 Å². The molecule has 0 saturated carbocycles. The highest BCUT2D eigenvalue weighted by molar-refractivity contribution is 5.95. The average Bonchev–Trinajstić information content (AvgIpc) is 2.69. The Hall–Kier alpha value is -2.84. The number of hydrogen-bond acceptors (Lipinski definition) is 5. The average molecular weight is 301 g/mol. The molecule has 0 bridgehead atoms. The Morgan fingerprint density at radius 3 is 2.76 bits per heavy atom. The van der Waals surface area contributed by atoms with E-state index in [1.165, 1.54) is 6.08 Å². The minimum atomic E-state index is -3.96. The van der Waals surface area contributed by atoms with Gasteiger partial charge in [0.25, 0.3) is 0 Å². The van der Waals surface area contributed by atoms with Crippen LogP contribution in [0.4, 0.5) is 19.3 Å². The zero-order valence-corrected chi connectivity index (χ0v) is 10.4. The predicted octanol–water partition coefficient (Wildman–Crippen LogP) is 2.44. The molecule has 1 aliphatic rings. The molecule has 0 radical (unpaired) electrons. The molecular formula is C12H9F2NO6. The van der Waals surface area contributed by atoms with Gasteiger partial charge in [-0.1, -0.05) is 12.7 Å². The van der Waals surface area contributed by atoms with Crippen molar-refractivity contribution in [2.45, 2.75) is 6.29 Å². The van der Waals surface area contributed by atoms with Gasteiger partial charge in [0.1, 0.15) is 12.2 Å². The van der Waals surface area contributed by atoms with Crippen LogP contribution in [0, 0.1) is 0 Å². The fourth-order valence-corrected chi connectivity index (χ4v) is 1.57. The van der Waals surface area contributed by atoms with Crippen LogP contribution >= 0.6 is 0 Å². The second kappa shape index (κ2) is 5.27. The molecule has 0 spiro atoms. The zero-order chi connectivity index (χ0) is 15.6. The summed E-state index contributed by atoms with van der Waals surface area (Å²) in [5.41, 5.74) is -0.676. The number of nitrogens with one attached hydrogen (secondary N) is 1. The number of carboxylic acid groups (broad SMARTS) is 1. The number of aromatic carboxylic acids is 1. The van der Waals surface area contributed by atoms with Crippen LogP contribution in [0.1, 0.15) is 10.4 Å². The van der Waals surface area contributed by atoms with Crippen molar-refractivity contribution in [2.24, 2.45) is 0 Å². The predicted molar refractivity (Wildman–Crippen MR) is 64.8 cm³/mol. The van der Waals surface area contributed by atoms with Gasteiger partial charge in [-0.15, -0.1) is 8.78 Å². The van der Waals surface area contributed by atoms with Gasteiger partial charge in [-0.2, -0.15) is 0 Å². The number of carbonyl (C=O) groups is 2. The van der Waals surface area contributed by atoms with E-state index in [2.05, 4.69) is 26.1 Å². The number of rotatable bonds is 4. The number of anilines is 1. The molecule has 0 fully saturated rings. The van der Waals surface area contributed by atoms with Crippen molar-refractivity contribution in [1.29, 1.82) is 0 Å². The van der Waals surface area contributed by atoms with Gasteiger partial charge < -0.3 is 19.3 Å². The van der Waals surface area contributed by atoms with Crippen LogP contribution in [-0.4, -0.2) is 30.1 Å². The Bertz CT molecular complexity index is 616. The summed E-state index contributed by atoms with van der Waals surface area (Å²) in [5, 5.41) is 11.2. The van der Waals surface area contributed by atoms with Crippen LogP contribution in [0.2, 0.25) is 0 Å². The lowest BCUT2D eigenvalue weighted by Crippen LogP contribution is -2.26. The number of halogens is 2. The normalized spacial score (nSPS) is 14.4. The first-order valence-electron chi connectivity index (χ1n) is 5.54. The first kappa shape index (κ1) is 14.6. The molecule has 0 saturated heterocycles. The summed E-state index contributed by atoms with van der Waals surface area (Å²) in [7, 11) is 0. The number of ether oxygens (including phenoxy) is 3. The van der Waals surface area contributed by atoms with Crippen LogP contribution in [0.15, 0.2) is 24.8 Å². The fourth-order valence-electron chi connectivity index (χ4n) is 1.57. The number of benzene rings is 1. The first-order chi connectivity index (χ1) is 9.82. The standard InChI is InChI=1S/C12H9F2NO6/c1-2-3-19-11(18)15-6-4-7(10(16)17)9-8(5-6)20-12(13,14)21-9/h2,4-5H,1,3H2,(H,15,18)(H,16,17). The number of amides is 1. The highest BCUT2D eigenvalue weighted by Gasteiger charge is 2.45. The molecule has 9 heteroatoms. The van der Waals surface area contributed by atoms with Gasteiger partial charge in [-0.05, 0) is 6.07 Å². The van der Waals surface area contributed by atoms with Gasteiger partial charge in [-0.25, -0.2) is 9.59 Å². The summed E-state index contributed by atoms with van der Waals surface area (Å²) >= 11 is 0.